The van der Waals surface area contributed by atoms with Gasteiger partial charge in [-0.05, 0) is 18.6 Å². The third-order valence-corrected chi connectivity index (χ3v) is 2.73. The van der Waals surface area contributed by atoms with Gasteiger partial charge in [-0.25, -0.2) is 5.11 Å². The minimum absolute atomic E-state index is 0.130. The average molecular weight is 201 g/mol. The summed E-state index contributed by atoms with van der Waals surface area (Å²) in [7, 11) is -4.27. The molecule has 0 aromatic heterocycles. The zero-order valence-corrected chi connectivity index (χ0v) is 7.84. The van der Waals surface area contributed by atoms with Gasteiger partial charge in [-0.1, -0.05) is 12.1 Å². The summed E-state index contributed by atoms with van der Waals surface area (Å²) in [6.07, 6.45) is 0. The van der Waals surface area contributed by atoms with Gasteiger partial charge in [-0.3, -0.25) is 4.55 Å². The number of rotatable bonds is 2. The summed E-state index contributed by atoms with van der Waals surface area (Å²) in [6, 6.07) is 4.33. The van der Waals surface area contributed by atoms with Gasteiger partial charge in [0.2, 0.25) is 0 Å². The molecule has 0 saturated carbocycles. The Labute approximate surface area is 76.6 Å². The minimum atomic E-state index is -4.27. The molecule has 0 saturated heterocycles. The Morgan fingerprint density at radius 1 is 1.38 bits per heavy atom. The fourth-order valence-electron chi connectivity index (χ4n) is 1.10. The molecule has 0 spiro atoms. The smallest absolute Gasteiger partial charge is 0.282 e. The van der Waals surface area contributed by atoms with Crippen LogP contribution < -0.4 is 0 Å². The summed E-state index contributed by atoms with van der Waals surface area (Å²) < 4.78 is 30.3. The van der Waals surface area contributed by atoms with Gasteiger partial charge in [0, 0.05) is 5.56 Å². The quantitative estimate of drug-likeness (QED) is 0.730. The summed E-state index contributed by atoms with van der Waals surface area (Å²) in [5.41, 5.74) is 0.704. The monoisotopic (exact) mass is 201 g/mol. The summed E-state index contributed by atoms with van der Waals surface area (Å²) in [6.45, 7) is 0.976. The standard InChI is InChI=1S/C8H9O4S/c1-6-3-2-4-8(7(6)5-9)13(10,11)12/h2-4H,5H2,1H3,(H,10,11,12). The summed E-state index contributed by atoms with van der Waals surface area (Å²) in [5.74, 6) is 0. The van der Waals surface area contributed by atoms with Crippen molar-refractivity contribution in [3.05, 3.63) is 29.3 Å². The van der Waals surface area contributed by atoms with Crippen LogP contribution in [0.15, 0.2) is 23.1 Å². The fourth-order valence-corrected chi connectivity index (χ4v) is 1.88. The van der Waals surface area contributed by atoms with Gasteiger partial charge in [-0.15, -0.1) is 0 Å². The lowest BCUT2D eigenvalue weighted by Gasteiger charge is -2.05. The lowest BCUT2D eigenvalue weighted by molar-refractivity contribution is 0.174. The summed E-state index contributed by atoms with van der Waals surface area (Å²) in [5, 5.41) is 10.6. The van der Waals surface area contributed by atoms with E-state index < -0.39 is 16.7 Å². The molecule has 0 heterocycles. The van der Waals surface area contributed by atoms with Crippen LogP contribution >= 0.6 is 0 Å². The van der Waals surface area contributed by atoms with Crippen LogP contribution in [0.4, 0.5) is 0 Å². The molecule has 1 aromatic rings. The maximum Gasteiger partial charge on any atom is 0.294 e. The lowest BCUT2D eigenvalue weighted by Crippen LogP contribution is -2.04. The van der Waals surface area contributed by atoms with Crippen LogP contribution in [0.5, 0.6) is 0 Å². The van der Waals surface area contributed by atoms with Crippen molar-refractivity contribution in [3.8, 4) is 0 Å². The third kappa shape index (κ3) is 2.06. The second kappa shape index (κ2) is 3.45. The van der Waals surface area contributed by atoms with Gasteiger partial charge in [0.05, 0.1) is 4.90 Å². The Balaban J connectivity index is 3.47. The van der Waals surface area contributed by atoms with Crippen LogP contribution in [0, 0.1) is 6.92 Å². The predicted molar refractivity (Wildman–Crippen MR) is 45.4 cm³/mol. The van der Waals surface area contributed by atoms with E-state index in [1.54, 1.807) is 13.0 Å². The second-order valence-corrected chi connectivity index (χ2v) is 4.06. The van der Waals surface area contributed by atoms with E-state index in [0.717, 1.165) is 0 Å². The molecule has 1 N–H and O–H groups in total. The zero-order valence-electron chi connectivity index (χ0n) is 7.02. The molecular weight excluding hydrogens is 192 g/mol. The van der Waals surface area contributed by atoms with Crippen molar-refractivity contribution in [2.45, 2.75) is 18.4 Å². The van der Waals surface area contributed by atoms with E-state index in [4.69, 9.17) is 4.55 Å². The first-order valence-corrected chi connectivity index (χ1v) is 5.05. The van der Waals surface area contributed by atoms with Gasteiger partial charge in [0.25, 0.3) is 10.1 Å². The van der Waals surface area contributed by atoms with E-state index in [9.17, 15) is 13.5 Å². The number of benzene rings is 1. The van der Waals surface area contributed by atoms with E-state index >= 15 is 0 Å². The van der Waals surface area contributed by atoms with Crippen LogP contribution in [0.25, 0.3) is 0 Å². The maximum atomic E-state index is 10.8. The van der Waals surface area contributed by atoms with Crippen LogP contribution in [0.3, 0.4) is 0 Å². The molecule has 0 atom stereocenters. The van der Waals surface area contributed by atoms with E-state index in [0.29, 0.717) is 5.56 Å². The number of hydrogen-bond acceptors (Lipinski definition) is 2. The topological polar surface area (TPSA) is 74.3 Å². The molecule has 4 nitrogen and oxygen atoms in total. The molecule has 5 heteroatoms. The number of hydrogen-bond donors (Lipinski definition) is 1. The highest BCUT2D eigenvalue weighted by Crippen LogP contribution is 2.18. The molecule has 1 aromatic carbocycles. The van der Waals surface area contributed by atoms with Crippen molar-refractivity contribution in [1.29, 1.82) is 0 Å². The fraction of sp³-hybridized carbons (Fsp3) is 0.250. The molecule has 0 bridgehead atoms. The SMILES string of the molecule is Cc1cccc(S(=O)(=O)O)c1C[O]. The zero-order chi connectivity index (χ0) is 10.1. The third-order valence-electron chi connectivity index (χ3n) is 1.79. The number of aryl methyl sites for hydroxylation is 1. The van der Waals surface area contributed by atoms with E-state index in [1.807, 2.05) is 0 Å². The van der Waals surface area contributed by atoms with Crippen molar-refractivity contribution < 1.29 is 18.1 Å². The van der Waals surface area contributed by atoms with E-state index in [1.165, 1.54) is 12.1 Å². The van der Waals surface area contributed by atoms with Crippen LogP contribution in [0.1, 0.15) is 11.1 Å². The molecule has 0 aliphatic rings. The van der Waals surface area contributed by atoms with E-state index in [2.05, 4.69) is 0 Å². The Hall–Kier alpha value is -0.910. The highest BCUT2D eigenvalue weighted by atomic mass is 32.2. The van der Waals surface area contributed by atoms with Crippen LogP contribution in [0.2, 0.25) is 0 Å². The first kappa shape index (κ1) is 10.2. The Bertz CT molecular complexity index is 408. The first-order chi connectivity index (χ1) is 5.96. The van der Waals surface area contributed by atoms with Crippen LogP contribution in [-0.2, 0) is 21.8 Å². The molecule has 1 radical (unpaired) electrons. The van der Waals surface area contributed by atoms with Crippen LogP contribution in [-0.4, -0.2) is 13.0 Å². The lowest BCUT2D eigenvalue weighted by atomic mass is 10.1. The Kier molecular flexibility index (Phi) is 2.70. The van der Waals surface area contributed by atoms with Crippen molar-refractivity contribution in [2.75, 3.05) is 0 Å². The second-order valence-electron chi connectivity index (χ2n) is 2.67. The highest BCUT2D eigenvalue weighted by Gasteiger charge is 2.15. The van der Waals surface area contributed by atoms with Gasteiger partial charge < -0.3 is 0 Å². The maximum absolute atomic E-state index is 10.8. The van der Waals surface area contributed by atoms with Gasteiger partial charge in [-0.2, -0.15) is 8.42 Å². The van der Waals surface area contributed by atoms with E-state index in [-0.39, 0.29) is 10.5 Å². The molecule has 71 valence electrons. The molecule has 0 aliphatic heterocycles. The summed E-state index contributed by atoms with van der Waals surface area (Å²) >= 11 is 0. The van der Waals surface area contributed by atoms with Gasteiger partial charge >= 0.3 is 0 Å². The molecule has 0 aliphatic carbocycles. The molecular formula is C8H9O4S. The molecule has 0 fully saturated rings. The normalized spacial score (nSPS) is 11.6. The Morgan fingerprint density at radius 2 is 2.00 bits per heavy atom. The predicted octanol–water partition coefficient (Wildman–Crippen LogP) is 1.17. The average Bonchev–Trinajstić information content (AvgIpc) is 2.02. The summed E-state index contributed by atoms with van der Waals surface area (Å²) in [4.78, 5) is -0.289. The first-order valence-electron chi connectivity index (χ1n) is 3.61. The molecule has 0 amide bonds. The largest absolute Gasteiger partial charge is 0.294 e. The minimum Gasteiger partial charge on any atom is -0.282 e. The van der Waals surface area contributed by atoms with Gasteiger partial charge in [0.15, 0.2) is 0 Å². The molecule has 1 rings (SSSR count). The van der Waals surface area contributed by atoms with Crippen molar-refractivity contribution in [2.24, 2.45) is 0 Å². The van der Waals surface area contributed by atoms with Gasteiger partial charge in [0.1, 0.15) is 6.61 Å². The van der Waals surface area contributed by atoms with Crippen molar-refractivity contribution in [3.63, 3.8) is 0 Å². The van der Waals surface area contributed by atoms with Crippen molar-refractivity contribution >= 4 is 10.1 Å². The van der Waals surface area contributed by atoms with Crippen molar-refractivity contribution in [1.82, 2.24) is 0 Å². The molecule has 13 heavy (non-hydrogen) atoms. The Morgan fingerprint density at radius 3 is 2.38 bits per heavy atom. The molecule has 0 unspecified atom stereocenters. The highest BCUT2D eigenvalue weighted by molar-refractivity contribution is 7.85.